The third-order valence-electron chi connectivity index (χ3n) is 3.72. The Balaban J connectivity index is 1.91. The van der Waals surface area contributed by atoms with E-state index >= 15 is 0 Å². The van der Waals surface area contributed by atoms with E-state index in [0.717, 1.165) is 34.9 Å². The minimum absolute atomic E-state index is 0.241. The molecule has 2 aromatic carbocycles. The van der Waals surface area contributed by atoms with Crippen molar-refractivity contribution in [2.45, 2.75) is 6.61 Å². The van der Waals surface area contributed by atoms with E-state index in [-0.39, 0.29) is 4.32 Å². The maximum absolute atomic E-state index is 12.6. The molecule has 0 atom stereocenters. The molecule has 1 saturated heterocycles. The minimum atomic E-state index is -1.10. The number of thiocarbonyl (C=S) groups is 1. The second-order valence-electron chi connectivity index (χ2n) is 5.74. The van der Waals surface area contributed by atoms with Crippen LogP contribution in [0.15, 0.2) is 47.4 Å². The van der Waals surface area contributed by atoms with Gasteiger partial charge < -0.3 is 9.84 Å². The maximum atomic E-state index is 12.6. The van der Waals surface area contributed by atoms with Gasteiger partial charge in [-0.3, -0.25) is 14.5 Å². The van der Waals surface area contributed by atoms with Crippen LogP contribution in [0.4, 0.5) is 0 Å². The number of nitrogens with zero attached hydrogens (tertiary/aromatic N) is 1. The molecule has 1 N–H and O–H groups in total. The van der Waals surface area contributed by atoms with E-state index in [4.69, 9.17) is 22.1 Å². The summed E-state index contributed by atoms with van der Waals surface area (Å²) in [5.74, 6) is -0.832. The summed E-state index contributed by atoms with van der Waals surface area (Å²) in [6.45, 7) is -0.0402. The number of hydrogen-bond donors (Lipinski definition) is 1. The number of thioether (sulfide) groups is 1. The summed E-state index contributed by atoms with van der Waals surface area (Å²) >= 11 is 10.7. The molecule has 1 aliphatic rings. The molecule has 0 radical (unpaired) electrons. The Hall–Kier alpha value is -1.18. The van der Waals surface area contributed by atoms with Gasteiger partial charge in [-0.25, -0.2) is 0 Å². The molecule has 0 aromatic heterocycles. The monoisotopic (exact) mass is 637 g/mol. The quantitative estimate of drug-likeness (QED) is 0.280. The summed E-state index contributed by atoms with van der Waals surface area (Å²) in [4.78, 5) is 25.0. The van der Waals surface area contributed by atoms with E-state index in [1.54, 1.807) is 6.08 Å². The normalized spacial score (nSPS) is 15.4. The number of rotatable bonds is 6. The Morgan fingerprint density at radius 1 is 1.25 bits per heavy atom. The molecule has 144 valence electrons. The van der Waals surface area contributed by atoms with Crippen LogP contribution in [-0.4, -0.2) is 32.7 Å². The van der Waals surface area contributed by atoms with Crippen LogP contribution in [0.1, 0.15) is 11.1 Å². The molecule has 1 amide bonds. The zero-order valence-corrected chi connectivity index (χ0v) is 20.2. The molecule has 0 spiro atoms. The highest BCUT2D eigenvalue weighted by molar-refractivity contribution is 14.1. The lowest BCUT2D eigenvalue weighted by Gasteiger charge is -2.13. The highest BCUT2D eigenvalue weighted by atomic mass is 127. The van der Waals surface area contributed by atoms with Crippen molar-refractivity contribution < 1.29 is 19.4 Å². The number of halogens is 2. The molecule has 28 heavy (non-hydrogen) atoms. The van der Waals surface area contributed by atoms with E-state index in [2.05, 4.69) is 45.2 Å². The molecule has 0 aliphatic carbocycles. The average molecular weight is 637 g/mol. The molecule has 2 aromatic rings. The number of ether oxygens (including phenoxy) is 1. The number of carbonyl (C=O) groups excluding carboxylic acids is 1. The smallest absolute Gasteiger partial charge is 0.323 e. The molecule has 1 aliphatic heterocycles. The molecule has 1 heterocycles. The van der Waals surface area contributed by atoms with Crippen LogP contribution in [0, 0.1) is 7.14 Å². The number of amides is 1. The van der Waals surface area contributed by atoms with Gasteiger partial charge in [-0.15, -0.1) is 0 Å². The van der Waals surface area contributed by atoms with Crippen molar-refractivity contribution in [3.63, 3.8) is 0 Å². The summed E-state index contributed by atoms with van der Waals surface area (Å²) in [6.07, 6.45) is 1.71. The third-order valence-corrected chi connectivity index (χ3v) is 6.52. The summed E-state index contributed by atoms with van der Waals surface area (Å²) in [6, 6.07) is 13.7. The predicted molar refractivity (Wildman–Crippen MR) is 130 cm³/mol. The van der Waals surface area contributed by atoms with Gasteiger partial charge in [0, 0.05) is 9.13 Å². The van der Waals surface area contributed by atoms with Crippen LogP contribution in [0.2, 0.25) is 0 Å². The molecule has 1 fully saturated rings. The van der Waals surface area contributed by atoms with Gasteiger partial charge in [-0.2, -0.15) is 0 Å². The Morgan fingerprint density at radius 2 is 1.96 bits per heavy atom. The second kappa shape index (κ2) is 9.55. The molecule has 0 unspecified atom stereocenters. The Labute approximate surface area is 198 Å². The highest BCUT2D eigenvalue weighted by Crippen LogP contribution is 2.36. The Morgan fingerprint density at radius 3 is 2.64 bits per heavy atom. The van der Waals surface area contributed by atoms with Gasteiger partial charge in [0.25, 0.3) is 5.91 Å². The van der Waals surface area contributed by atoms with Gasteiger partial charge >= 0.3 is 5.97 Å². The zero-order chi connectivity index (χ0) is 20.3. The van der Waals surface area contributed by atoms with Crippen molar-refractivity contribution >= 4 is 91.4 Å². The number of benzene rings is 2. The number of hydrogen-bond acceptors (Lipinski definition) is 5. The molecule has 0 bridgehead atoms. The number of carboxylic acids is 1. The first kappa shape index (κ1) is 21.5. The first-order valence-corrected chi connectivity index (χ1v) is 11.4. The van der Waals surface area contributed by atoms with Gasteiger partial charge in [-0.05, 0) is 69.0 Å². The number of aliphatic carboxylic acids is 1. The van der Waals surface area contributed by atoms with Crippen LogP contribution in [-0.2, 0) is 16.2 Å². The van der Waals surface area contributed by atoms with Crippen molar-refractivity contribution in [1.82, 2.24) is 4.90 Å². The first-order valence-electron chi connectivity index (χ1n) is 7.98. The summed E-state index contributed by atoms with van der Waals surface area (Å²) < 4.78 is 8.22. The highest BCUT2D eigenvalue weighted by Gasteiger charge is 2.33. The molecular formula is C19H13I2NO4S2. The SMILES string of the molecule is O=C(O)CN1C(=O)/C(=C/c2cc(I)cc(I)c2OCc2ccccc2)SC1=S. The fourth-order valence-electron chi connectivity index (χ4n) is 2.48. The zero-order valence-electron chi connectivity index (χ0n) is 14.2. The summed E-state index contributed by atoms with van der Waals surface area (Å²) in [5.41, 5.74) is 1.79. The predicted octanol–water partition coefficient (Wildman–Crippen LogP) is 4.76. The van der Waals surface area contributed by atoms with Gasteiger partial charge in [0.15, 0.2) is 0 Å². The third kappa shape index (κ3) is 5.24. The van der Waals surface area contributed by atoms with E-state index in [1.165, 1.54) is 0 Å². The van der Waals surface area contributed by atoms with Gasteiger partial charge in [0.1, 0.15) is 23.2 Å². The van der Waals surface area contributed by atoms with Crippen molar-refractivity contribution in [3.8, 4) is 5.75 Å². The largest absolute Gasteiger partial charge is 0.487 e. The van der Waals surface area contributed by atoms with Crippen molar-refractivity contribution in [2.24, 2.45) is 0 Å². The van der Waals surface area contributed by atoms with Gasteiger partial charge in [0.2, 0.25) is 0 Å². The van der Waals surface area contributed by atoms with E-state index in [9.17, 15) is 9.59 Å². The van der Waals surface area contributed by atoms with E-state index < -0.39 is 18.4 Å². The van der Waals surface area contributed by atoms with Crippen LogP contribution in [0.5, 0.6) is 5.75 Å². The number of carbonyl (C=O) groups is 2. The lowest BCUT2D eigenvalue weighted by molar-refractivity contribution is -0.140. The van der Waals surface area contributed by atoms with Crippen LogP contribution < -0.4 is 4.74 Å². The average Bonchev–Trinajstić information content (AvgIpc) is 2.89. The summed E-state index contributed by atoms with van der Waals surface area (Å²) in [7, 11) is 0. The lowest BCUT2D eigenvalue weighted by atomic mass is 10.1. The number of carboxylic acid groups (broad SMARTS) is 1. The maximum Gasteiger partial charge on any atom is 0.323 e. The van der Waals surface area contributed by atoms with E-state index in [1.807, 2.05) is 42.5 Å². The Kier molecular flexibility index (Phi) is 7.34. The molecule has 3 rings (SSSR count). The van der Waals surface area contributed by atoms with Gasteiger partial charge in [-0.1, -0.05) is 54.3 Å². The second-order valence-corrected chi connectivity index (χ2v) is 9.83. The molecule has 5 nitrogen and oxygen atoms in total. The van der Waals surface area contributed by atoms with Crippen LogP contribution in [0.25, 0.3) is 6.08 Å². The van der Waals surface area contributed by atoms with Gasteiger partial charge in [0.05, 0.1) is 8.48 Å². The molecule has 9 heteroatoms. The molecule has 0 saturated carbocycles. The minimum Gasteiger partial charge on any atom is -0.487 e. The van der Waals surface area contributed by atoms with Crippen molar-refractivity contribution in [2.75, 3.05) is 6.54 Å². The Bertz CT molecular complexity index is 979. The fourth-order valence-corrected chi connectivity index (χ4v) is 5.77. The van der Waals surface area contributed by atoms with E-state index in [0.29, 0.717) is 17.3 Å². The fraction of sp³-hybridized carbons (Fsp3) is 0.105. The first-order chi connectivity index (χ1) is 13.3. The molecular weight excluding hydrogens is 624 g/mol. The standard InChI is InChI=1S/C19H13I2NO4S2/c20-13-6-12(7-15-18(25)22(9-16(23)24)19(27)28-15)17(14(21)8-13)26-10-11-4-2-1-3-5-11/h1-8H,9-10H2,(H,23,24)/b15-7-. The lowest BCUT2D eigenvalue weighted by Crippen LogP contribution is -2.33. The summed E-state index contributed by atoms with van der Waals surface area (Å²) in [5, 5.41) is 8.98. The van der Waals surface area contributed by atoms with Crippen molar-refractivity contribution in [1.29, 1.82) is 0 Å². The van der Waals surface area contributed by atoms with Crippen molar-refractivity contribution in [3.05, 3.63) is 65.6 Å². The topological polar surface area (TPSA) is 66.8 Å². The van der Waals surface area contributed by atoms with Crippen LogP contribution >= 0.6 is 69.2 Å². The van der Waals surface area contributed by atoms with Crippen LogP contribution in [0.3, 0.4) is 0 Å².